The van der Waals surface area contributed by atoms with E-state index >= 15 is 0 Å². The fourth-order valence-electron chi connectivity index (χ4n) is 0.359. The average molecular weight is 108 g/mol. The van der Waals surface area contributed by atoms with Crippen molar-refractivity contribution < 1.29 is 0 Å². The summed E-state index contributed by atoms with van der Waals surface area (Å²) >= 11 is 0. The van der Waals surface area contributed by atoms with Crippen molar-refractivity contribution in [2.45, 2.75) is 0 Å². The lowest BCUT2D eigenvalue weighted by Crippen LogP contribution is -1.82. The summed E-state index contributed by atoms with van der Waals surface area (Å²) in [4.78, 5) is 6.87. The molecule has 0 aliphatic rings. The molecule has 40 valence electrons. The second-order valence-corrected chi connectivity index (χ2v) is 1.27. The first-order valence-electron chi connectivity index (χ1n) is 2.05. The molecule has 0 unspecified atom stereocenters. The van der Waals surface area contributed by atoms with Gasteiger partial charge >= 0.3 is 0 Å². The second-order valence-electron chi connectivity index (χ2n) is 1.27. The SMILES string of the molecule is [NH]c1ccnc([NH])n1. The molecule has 0 aromatic carbocycles. The van der Waals surface area contributed by atoms with Crippen LogP contribution in [0.5, 0.6) is 0 Å². The van der Waals surface area contributed by atoms with Gasteiger partial charge in [-0.25, -0.2) is 4.98 Å². The Bertz CT molecular complexity index is 168. The summed E-state index contributed by atoms with van der Waals surface area (Å²) in [6.07, 6.45) is 1.39. The average Bonchev–Trinajstić information content (AvgIpc) is 1.64. The number of rotatable bonds is 0. The van der Waals surface area contributed by atoms with Crippen LogP contribution in [0.3, 0.4) is 0 Å². The number of aromatic nitrogens is 2. The van der Waals surface area contributed by atoms with Gasteiger partial charge in [-0.05, 0) is 0 Å². The smallest absolute Gasteiger partial charge is 0.243 e. The Morgan fingerprint density at radius 1 is 1.38 bits per heavy atom. The normalized spacial score (nSPS) is 9.00. The highest BCUT2D eigenvalue weighted by Crippen LogP contribution is 1.98. The van der Waals surface area contributed by atoms with Gasteiger partial charge in [-0.2, -0.15) is 4.98 Å². The van der Waals surface area contributed by atoms with E-state index in [1.165, 1.54) is 12.3 Å². The Morgan fingerprint density at radius 2 is 2.12 bits per heavy atom. The van der Waals surface area contributed by atoms with Gasteiger partial charge in [0, 0.05) is 12.3 Å². The summed E-state index contributed by atoms with van der Waals surface area (Å²) in [6.45, 7) is 0. The molecule has 0 aliphatic carbocycles. The molecule has 4 nitrogen and oxygen atoms in total. The highest BCUT2D eigenvalue weighted by atomic mass is 15.0. The first-order chi connectivity index (χ1) is 3.79. The lowest BCUT2D eigenvalue weighted by molar-refractivity contribution is 1.10. The van der Waals surface area contributed by atoms with Crippen molar-refractivity contribution in [3.63, 3.8) is 0 Å². The molecule has 1 aromatic heterocycles. The Kier molecular flexibility index (Phi) is 0.997. The summed E-state index contributed by atoms with van der Waals surface area (Å²) < 4.78 is 0. The van der Waals surface area contributed by atoms with Gasteiger partial charge in [0.05, 0.1) is 0 Å². The van der Waals surface area contributed by atoms with Crippen molar-refractivity contribution in [2.24, 2.45) is 0 Å². The third-order valence-corrected chi connectivity index (χ3v) is 0.656. The van der Waals surface area contributed by atoms with Crippen LogP contribution in [0.2, 0.25) is 0 Å². The Labute approximate surface area is 46.6 Å². The molecule has 2 N–H and O–H groups in total. The van der Waals surface area contributed by atoms with Crippen LogP contribution in [-0.4, -0.2) is 9.97 Å². The predicted octanol–water partition coefficient (Wildman–Crippen LogP) is 0.305. The van der Waals surface area contributed by atoms with Crippen molar-refractivity contribution in [3.8, 4) is 0 Å². The van der Waals surface area contributed by atoms with Gasteiger partial charge in [0.1, 0.15) is 5.82 Å². The summed E-state index contributed by atoms with van der Waals surface area (Å²) in [5, 5.41) is 0. The standard InChI is InChI=1S/C4H4N4/c5-3-1-2-7-4(6)8-3/h1-2,5-6H. The van der Waals surface area contributed by atoms with Gasteiger partial charge in [0.25, 0.3) is 0 Å². The van der Waals surface area contributed by atoms with Crippen LogP contribution in [0.4, 0.5) is 11.8 Å². The van der Waals surface area contributed by atoms with E-state index in [4.69, 9.17) is 11.5 Å². The van der Waals surface area contributed by atoms with Gasteiger partial charge in [0.15, 0.2) is 0 Å². The molecule has 0 saturated carbocycles. The zero-order valence-corrected chi connectivity index (χ0v) is 4.05. The molecule has 2 radical (unpaired) electrons. The van der Waals surface area contributed by atoms with E-state index in [0.29, 0.717) is 0 Å². The lowest BCUT2D eigenvalue weighted by atomic mass is 10.6. The molecule has 0 spiro atoms. The van der Waals surface area contributed by atoms with Crippen LogP contribution in [0.25, 0.3) is 0 Å². The number of nitrogens with zero attached hydrogens (tertiary/aromatic N) is 2. The fourth-order valence-corrected chi connectivity index (χ4v) is 0.359. The van der Waals surface area contributed by atoms with E-state index in [0.717, 1.165) is 0 Å². The van der Waals surface area contributed by atoms with Crippen LogP contribution in [-0.2, 0) is 0 Å². The predicted molar refractivity (Wildman–Crippen MR) is 27.5 cm³/mol. The van der Waals surface area contributed by atoms with E-state index in [9.17, 15) is 0 Å². The maximum absolute atomic E-state index is 6.86. The van der Waals surface area contributed by atoms with Crippen LogP contribution < -0.4 is 11.5 Å². The van der Waals surface area contributed by atoms with E-state index in [-0.39, 0.29) is 11.8 Å². The lowest BCUT2D eigenvalue weighted by Gasteiger charge is -1.86. The Morgan fingerprint density at radius 3 is 2.50 bits per heavy atom. The number of hydrogen-bond donors (Lipinski definition) is 0. The summed E-state index contributed by atoms with van der Waals surface area (Å²) in [5.74, 6) is -0.0116. The van der Waals surface area contributed by atoms with Gasteiger partial charge in [0.2, 0.25) is 5.95 Å². The molecule has 0 bridgehead atoms. The van der Waals surface area contributed by atoms with Crippen LogP contribution in [0.1, 0.15) is 0 Å². The zero-order valence-electron chi connectivity index (χ0n) is 4.05. The number of hydrogen-bond acceptors (Lipinski definition) is 2. The highest BCUT2D eigenvalue weighted by Gasteiger charge is 1.86. The second kappa shape index (κ2) is 1.65. The zero-order chi connectivity index (χ0) is 5.98. The first-order valence-corrected chi connectivity index (χ1v) is 2.05. The molecule has 0 aliphatic heterocycles. The molecule has 0 amide bonds. The largest absolute Gasteiger partial charge is 0.283 e. The van der Waals surface area contributed by atoms with Gasteiger partial charge in [-0.15, -0.1) is 0 Å². The van der Waals surface area contributed by atoms with Crippen molar-refractivity contribution in [1.82, 2.24) is 21.4 Å². The molecule has 0 fully saturated rings. The van der Waals surface area contributed by atoms with Gasteiger partial charge < -0.3 is 0 Å². The van der Waals surface area contributed by atoms with Crippen LogP contribution >= 0.6 is 0 Å². The monoisotopic (exact) mass is 108 g/mol. The first kappa shape index (κ1) is 4.83. The van der Waals surface area contributed by atoms with E-state index in [2.05, 4.69) is 9.97 Å². The molecule has 0 atom stereocenters. The van der Waals surface area contributed by atoms with E-state index < -0.39 is 0 Å². The van der Waals surface area contributed by atoms with Crippen LogP contribution in [0.15, 0.2) is 12.3 Å². The topological polar surface area (TPSA) is 73.4 Å². The minimum atomic E-state index is -0.0995. The highest BCUT2D eigenvalue weighted by molar-refractivity contribution is 5.25. The fraction of sp³-hybridized carbons (Fsp3) is 0. The summed E-state index contributed by atoms with van der Waals surface area (Å²) in [5.41, 5.74) is 13.7. The molecular formula is C4H4N4. The Hall–Kier alpha value is -1.32. The van der Waals surface area contributed by atoms with Crippen molar-refractivity contribution in [1.29, 1.82) is 0 Å². The third kappa shape index (κ3) is 0.841. The molecule has 4 heteroatoms. The van der Waals surface area contributed by atoms with Crippen molar-refractivity contribution >= 4 is 11.8 Å². The minimum absolute atomic E-state index is 0.0880. The molecule has 8 heavy (non-hydrogen) atoms. The maximum atomic E-state index is 6.86. The molecule has 0 saturated heterocycles. The van der Waals surface area contributed by atoms with E-state index in [1.807, 2.05) is 0 Å². The molecule has 1 aromatic rings. The van der Waals surface area contributed by atoms with Crippen LogP contribution in [0, 0.1) is 0 Å². The number of nitrogens with one attached hydrogen (secondary N) is 2. The summed E-state index contributed by atoms with van der Waals surface area (Å²) in [7, 11) is 0. The molecule has 1 rings (SSSR count). The summed E-state index contributed by atoms with van der Waals surface area (Å²) in [6, 6.07) is 1.43. The van der Waals surface area contributed by atoms with Gasteiger partial charge in [-0.3, -0.25) is 11.5 Å². The quantitative estimate of drug-likeness (QED) is 0.479. The van der Waals surface area contributed by atoms with Gasteiger partial charge in [-0.1, -0.05) is 0 Å². The Balaban J connectivity index is 3.08. The van der Waals surface area contributed by atoms with E-state index in [1.54, 1.807) is 0 Å². The minimum Gasteiger partial charge on any atom is -0.283 e. The third-order valence-electron chi connectivity index (χ3n) is 0.656. The van der Waals surface area contributed by atoms with Crippen molar-refractivity contribution in [3.05, 3.63) is 12.3 Å². The van der Waals surface area contributed by atoms with Crippen molar-refractivity contribution in [2.75, 3.05) is 0 Å². The maximum Gasteiger partial charge on any atom is 0.243 e. The molecule has 1 heterocycles. The molecular weight excluding hydrogens is 104 g/mol.